The zero-order chi connectivity index (χ0) is 18.7. The van der Waals surface area contributed by atoms with Crippen molar-refractivity contribution in [2.75, 3.05) is 18.4 Å². The fourth-order valence-electron chi connectivity index (χ4n) is 3.73. The van der Waals surface area contributed by atoms with Gasteiger partial charge < -0.3 is 10.6 Å². The maximum absolute atomic E-state index is 12.4. The quantitative estimate of drug-likeness (QED) is 0.782. The van der Waals surface area contributed by atoms with Crippen molar-refractivity contribution < 1.29 is 19.2 Å². The molecule has 7 nitrogen and oxygen atoms in total. The van der Waals surface area contributed by atoms with E-state index in [4.69, 9.17) is 0 Å². The van der Waals surface area contributed by atoms with Crippen molar-refractivity contribution in [2.45, 2.75) is 32.6 Å². The second-order valence-electron chi connectivity index (χ2n) is 6.75. The summed E-state index contributed by atoms with van der Waals surface area (Å²) in [4.78, 5) is 50.1. The van der Waals surface area contributed by atoms with Gasteiger partial charge in [0.05, 0.1) is 11.8 Å². The Labute approximate surface area is 152 Å². The van der Waals surface area contributed by atoms with Gasteiger partial charge in [-0.3, -0.25) is 24.1 Å². The summed E-state index contributed by atoms with van der Waals surface area (Å²) >= 11 is 0. The molecule has 138 valence electrons. The number of benzene rings is 1. The molecule has 3 rings (SSSR count). The first-order valence-corrected chi connectivity index (χ1v) is 9.04. The van der Waals surface area contributed by atoms with E-state index in [1.165, 1.54) is 0 Å². The Kier molecular flexibility index (Phi) is 5.35. The van der Waals surface area contributed by atoms with Crippen molar-refractivity contribution in [3.8, 4) is 0 Å². The number of anilines is 1. The predicted molar refractivity (Wildman–Crippen MR) is 95.2 cm³/mol. The maximum Gasteiger partial charge on any atom is 0.251 e. The van der Waals surface area contributed by atoms with Crippen LogP contribution in [0.25, 0.3) is 0 Å². The van der Waals surface area contributed by atoms with Crippen molar-refractivity contribution in [2.24, 2.45) is 11.8 Å². The van der Waals surface area contributed by atoms with Crippen molar-refractivity contribution in [1.82, 2.24) is 10.2 Å². The Balaban J connectivity index is 1.64. The molecule has 4 amide bonds. The number of imide groups is 1. The van der Waals surface area contributed by atoms with Gasteiger partial charge in [0.15, 0.2) is 0 Å². The van der Waals surface area contributed by atoms with Gasteiger partial charge in [-0.15, -0.1) is 0 Å². The normalized spacial score (nSPS) is 22.1. The fraction of sp³-hybridized carbons (Fsp3) is 0.474. The number of hydrogen-bond acceptors (Lipinski definition) is 4. The predicted octanol–water partition coefficient (Wildman–Crippen LogP) is 1.55. The van der Waals surface area contributed by atoms with Crippen molar-refractivity contribution in [1.29, 1.82) is 0 Å². The number of hydrogen-bond donors (Lipinski definition) is 2. The lowest BCUT2D eigenvalue weighted by atomic mass is 9.81. The van der Waals surface area contributed by atoms with Gasteiger partial charge in [0, 0.05) is 17.8 Å². The summed E-state index contributed by atoms with van der Waals surface area (Å²) in [5.74, 6) is -1.65. The van der Waals surface area contributed by atoms with Gasteiger partial charge in [-0.1, -0.05) is 18.9 Å². The van der Waals surface area contributed by atoms with Crippen LogP contribution >= 0.6 is 0 Å². The first-order chi connectivity index (χ1) is 12.5. The van der Waals surface area contributed by atoms with E-state index in [9.17, 15) is 19.2 Å². The largest absolute Gasteiger partial charge is 0.352 e. The second-order valence-corrected chi connectivity index (χ2v) is 6.75. The van der Waals surface area contributed by atoms with Gasteiger partial charge in [0.1, 0.15) is 6.54 Å². The fourth-order valence-corrected chi connectivity index (χ4v) is 3.73. The molecule has 2 N–H and O–H groups in total. The zero-order valence-electron chi connectivity index (χ0n) is 14.8. The summed E-state index contributed by atoms with van der Waals surface area (Å²) in [7, 11) is 0. The minimum Gasteiger partial charge on any atom is -0.352 e. The van der Waals surface area contributed by atoms with Crippen LogP contribution in [0.4, 0.5) is 5.69 Å². The van der Waals surface area contributed by atoms with Crippen molar-refractivity contribution in [3.63, 3.8) is 0 Å². The van der Waals surface area contributed by atoms with Gasteiger partial charge in [-0.05, 0) is 38.0 Å². The van der Waals surface area contributed by atoms with Crippen LogP contribution in [0.5, 0.6) is 0 Å². The van der Waals surface area contributed by atoms with Gasteiger partial charge in [0.25, 0.3) is 5.91 Å². The standard InChI is InChI=1S/C19H23N3O4/c1-2-20-17(24)12-6-5-7-13(10-12)21-16(23)11-22-18(25)14-8-3-4-9-15(14)19(22)26/h5-7,10,14-15H,2-4,8-9,11H2,1H3,(H,20,24)(H,21,23)/t14-,15+. The molecule has 1 aliphatic heterocycles. The molecular formula is C19H23N3O4. The highest BCUT2D eigenvalue weighted by Crippen LogP contribution is 2.37. The number of carbonyl (C=O) groups excluding carboxylic acids is 4. The molecule has 1 aromatic carbocycles. The topological polar surface area (TPSA) is 95.6 Å². The van der Waals surface area contributed by atoms with E-state index in [2.05, 4.69) is 10.6 Å². The number of nitrogens with one attached hydrogen (secondary N) is 2. The van der Waals surface area contributed by atoms with E-state index in [-0.39, 0.29) is 36.1 Å². The van der Waals surface area contributed by atoms with E-state index in [0.717, 1.165) is 30.6 Å². The minimum absolute atomic E-state index is 0.224. The van der Waals surface area contributed by atoms with Crippen LogP contribution in [0, 0.1) is 11.8 Å². The van der Waals surface area contributed by atoms with Crippen LogP contribution in [0.3, 0.4) is 0 Å². The molecule has 0 bridgehead atoms. The molecule has 1 aliphatic carbocycles. The Hall–Kier alpha value is -2.70. The lowest BCUT2D eigenvalue weighted by Gasteiger charge is -2.19. The van der Waals surface area contributed by atoms with Gasteiger partial charge in [-0.2, -0.15) is 0 Å². The lowest BCUT2D eigenvalue weighted by molar-refractivity contribution is -0.142. The monoisotopic (exact) mass is 357 g/mol. The first kappa shape index (κ1) is 18.1. The van der Waals surface area contributed by atoms with Crippen molar-refractivity contribution >= 4 is 29.3 Å². The Morgan fingerprint density at radius 3 is 2.38 bits per heavy atom. The molecule has 2 atom stereocenters. The summed E-state index contributed by atoms with van der Waals surface area (Å²) in [6, 6.07) is 6.55. The third-order valence-corrected chi connectivity index (χ3v) is 4.98. The average Bonchev–Trinajstić information content (AvgIpc) is 2.87. The third kappa shape index (κ3) is 3.61. The van der Waals surface area contributed by atoms with E-state index >= 15 is 0 Å². The molecule has 1 saturated carbocycles. The molecule has 1 heterocycles. The highest BCUT2D eigenvalue weighted by Gasteiger charge is 2.48. The molecule has 0 aromatic heterocycles. The number of amides is 4. The smallest absolute Gasteiger partial charge is 0.251 e. The molecule has 2 fully saturated rings. The van der Waals surface area contributed by atoms with Crippen LogP contribution in [-0.2, 0) is 14.4 Å². The van der Waals surface area contributed by atoms with Gasteiger partial charge >= 0.3 is 0 Å². The van der Waals surface area contributed by atoms with Crippen LogP contribution in [0.1, 0.15) is 43.0 Å². The number of rotatable bonds is 5. The number of likely N-dealkylation sites (tertiary alicyclic amines) is 1. The van der Waals surface area contributed by atoms with Crippen LogP contribution in [-0.4, -0.2) is 41.6 Å². The summed E-state index contributed by atoms with van der Waals surface area (Å²) in [6.07, 6.45) is 3.35. The lowest BCUT2D eigenvalue weighted by Crippen LogP contribution is -2.38. The third-order valence-electron chi connectivity index (χ3n) is 4.98. The van der Waals surface area contributed by atoms with Crippen molar-refractivity contribution in [3.05, 3.63) is 29.8 Å². The Morgan fingerprint density at radius 2 is 1.77 bits per heavy atom. The molecule has 0 radical (unpaired) electrons. The SMILES string of the molecule is CCNC(=O)c1cccc(NC(=O)CN2C(=O)[C@H]3CCCC[C@H]3C2=O)c1. The molecule has 0 unspecified atom stereocenters. The molecule has 2 aliphatic rings. The summed E-state index contributed by atoms with van der Waals surface area (Å²) in [5.41, 5.74) is 0.888. The van der Waals surface area contributed by atoms with Gasteiger partial charge in [0.2, 0.25) is 17.7 Å². The second kappa shape index (κ2) is 7.68. The van der Waals surface area contributed by atoms with E-state index in [1.54, 1.807) is 24.3 Å². The van der Waals surface area contributed by atoms with E-state index in [1.807, 2.05) is 6.92 Å². The minimum atomic E-state index is -0.446. The molecule has 26 heavy (non-hydrogen) atoms. The molecular weight excluding hydrogens is 334 g/mol. The Bertz CT molecular complexity index is 722. The number of carbonyl (C=O) groups is 4. The van der Waals surface area contributed by atoms with Crippen LogP contribution in [0.15, 0.2) is 24.3 Å². The molecule has 0 spiro atoms. The van der Waals surface area contributed by atoms with Crippen LogP contribution in [0.2, 0.25) is 0 Å². The Morgan fingerprint density at radius 1 is 1.12 bits per heavy atom. The highest BCUT2D eigenvalue weighted by molar-refractivity contribution is 6.08. The van der Waals surface area contributed by atoms with Gasteiger partial charge in [-0.25, -0.2) is 0 Å². The van der Waals surface area contributed by atoms with Crippen LogP contribution < -0.4 is 10.6 Å². The van der Waals surface area contributed by atoms with E-state index in [0.29, 0.717) is 17.8 Å². The zero-order valence-corrected chi connectivity index (χ0v) is 14.8. The maximum atomic E-state index is 12.4. The summed E-state index contributed by atoms with van der Waals surface area (Å²) < 4.78 is 0. The average molecular weight is 357 g/mol. The van der Waals surface area contributed by atoms with E-state index < -0.39 is 5.91 Å². The highest BCUT2D eigenvalue weighted by atomic mass is 16.2. The first-order valence-electron chi connectivity index (χ1n) is 9.04. The molecule has 1 aromatic rings. The molecule has 7 heteroatoms. The molecule has 1 saturated heterocycles. The number of fused-ring (bicyclic) bond motifs is 1. The summed E-state index contributed by atoms with van der Waals surface area (Å²) in [6.45, 7) is 2.05. The number of nitrogens with zero attached hydrogens (tertiary/aromatic N) is 1. The summed E-state index contributed by atoms with van der Waals surface area (Å²) in [5, 5.41) is 5.36.